The largest absolute Gasteiger partial charge is 0.399 e. The van der Waals surface area contributed by atoms with Crippen LogP contribution >= 0.6 is 0 Å². The summed E-state index contributed by atoms with van der Waals surface area (Å²) in [5.74, 6) is 0.340. The predicted molar refractivity (Wildman–Crippen MR) is 79.3 cm³/mol. The molecule has 0 unspecified atom stereocenters. The van der Waals surface area contributed by atoms with E-state index in [0.717, 1.165) is 0 Å². The second-order valence-electron chi connectivity index (χ2n) is 4.86. The maximum absolute atomic E-state index is 12.1. The molecule has 0 saturated carbocycles. The zero-order valence-electron chi connectivity index (χ0n) is 11.2. The number of anilines is 2. The van der Waals surface area contributed by atoms with Gasteiger partial charge < -0.3 is 11.1 Å². The first kappa shape index (κ1) is 13.1. The lowest BCUT2D eigenvalue weighted by Crippen LogP contribution is -2.12. The molecule has 98 valence electrons. The summed E-state index contributed by atoms with van der Waals surface area (Å²) in [5, 5.41) is 2.83. The standard InChI is InChI=1S/C16H18N2O/c1-11(2)12-6-8-13(9-7-12)16(19)18-15-5-3-4-14(17)10-15/h3-11H,17H2,1-2H3,(H,18,19). The summed E-state index contributed by atoms with van der Waals surface area (Å²) >= 11 is 0. The van der Waals surface area contributed by atoms with Gasteiger partial charge in [0.25, 0.3) is 5.91 Å². The van der Waals surface area contributed by atoms with Crippen molar-refractivity contribution < 1.29 is 4.79 Å². The number of carbonyl (C=O) groups excluding carboxylic acids is 1. The van der Waals surface area contributed by atoms with Gasteiger partial charge in [0.1, 0.15) is 0 Å². The Morgan fingerprint density at radius 2 is 1.79 bits per heavy atom. The molecule has 3 N–H and O–H groups in total. The smallest absolute Gasteiger partial charge is 0.255 e. The number of hydrogen-bond acceptors (Lipinski definition) is 2. The Labute approximate surface area is 113 Å². The van der Waals surface area contributed by atoms with Crippen molar-refractivity contribution in [3.63, 3.8) is 0 Å². The molecule has 0 aliphatic rings. The molecule has 3 nitrogen and oxygen atoms in total. The quantitative estimate of drug-likeness (QED) is 0.821. The number of carbonyl (C=O) groups is 1. The molecule has 0 saturated heterocycles. The number of nitrogen functional groups attached to an aromatic ring is 1. The third-order valence-corrected chi connectivity index (χ3v) is 2.98. The minimum Gasteiger partial charge on any atom is -0.399 e. The average Bonchev–Trinajstić information content (AvgIpc) is 2.39. The fraction of sp³-hybridized carbons (Fsp3) is 0.188. The zero-order valence-corrected chi connectivity index (χ0v) is 11.2. The van der Waals surface area contributed by atoms with E-state index in [1.165, 1.54) is 5.56 Å². The van der Waals surface area contributed by atoms with Crippen LogP contribution in [0.2, 0.25) is 0 Å². The summed E-state index contributed by atoms with van der Waals surface area (Å²) in [4.78, 5) is 12.1. The van der Waals surface area contributed by atoms with Crippen LogP contribution in [0.15, 0.2) is 48.5 Å². The fourth-order valence-electron chi connectivity index (χ4n) is 1.84. The van der Waals surface area contributed by atoms with E-state index in [4.69, 9.17) is 5.73 Å². The van der Waals surface area contributed by atoms with Crippen LogP contribution in [-0.4, -0.2) is 5.91 Å². The maximum atomic E-state index is 12.1. The Hall–Kier alpha value is -2.29. The molecule has 0 aliphatic carbocycles. The van der Waals surface area contributed by atoms with Gasteiger partial charge in [-0.05, 0) is 41.8 Å². The summed E-state index contributed by atoms with van der Waals surface area (Å²) in [5.41, 5.74) is 8.88. The Balaban J connectivity index is 2.11. The summed E-state index contributed by atoms with van der Waals surface area (Å²) < 4.78 is 0. The highest BCUT2D eigenvalue weighted by molar-refractivity contribution is 6.04. The molecule has 0 radical (unpaired) electrons. The highest BCUT2D eigenvalue weighted by Crippen LogP contribution is 2.16. The average molecular weight is 254 g/mol. The van der Waals surface area contributed by atoms with Crippen molar-refractivity contribution in [3.8, 4) is 0 Å². The molecule has 3 heteroatoms. The van der Waals surface area contributed by atoms with Gasteiger partial charge in [0, 0.05) is 16.9 Å². The first-order chi connectivity index (χ1) is 9.06. The van der Waals surface area contributed by atoms with E-state index in [-0.39, 0.29) is 5.91 Å². The predicted octanol–water partition coefficient (Wildman–Crippen LogP) is 3.64. The van der Waals surface area contributed by atoms with E-state index in [1.54, 1.807) is 12.1 Å². The van der Waals surface area contributed by atoms with Crippen LogP contribution in [0.3, 0.4) is 0 Å². The van der Waals surface area contributed by atoms with Gasteiger partial charge in [-0.25, -0.2) is 0 Å². The highest BCUT2D eigenvalue weighted by Gasteiger charge is 2.07. The summed E-state index contributed by atoms with van der Waals surface area (Å²) in [6.45, 7) is 4.25. The monoisotopic (exact) mass is 254 g/mol. The van der Waals surface area contributed by atoms with E-state index in [1.807, 2.05) is 36.4 Å². The molecule has 19 heavy (non-hydrogen) atoms. The van der Waals surface area contributed by atoms with Gasteiger partial charge in [0.2, 0.25) is 0 Å². The molecule has 2 rings (SSSR count). The lowest BCUT2D eigenvalue weighted by Gasteiger charge is -2.08. The Morgan fingerprint density at radius 1 is 1.11 bits per heavy atom. The van der Waals surface area contributed by atoms with Crippen LogP contribution in [0, 0.1) is 0 Å². The van der Waals surface area contributed by atoms with Crippen molar-refractivity contribution in [2.45, 2.75) is 19.8 Å². The van der Waals surface area contributed by atoms with Crippen LogP contribution in [0.4, 0.5) is 11.4 Å². The maximum Gasteiger partial charge on any atom is 0.255 e. The van der Waals surface area contributed by atoms with Crippen molar-refractivity contribution in [2.75, 3.05) is 11.1 Å². The summed E-state index contributed by atoms with van der Waals surface area (Å²) in [7, 11) is 0. The molecule has 2 aromatic carbocycles. The van der Waals surface area contributed by atoms with Crippen molar-refractivity contribution in [2.24, 2.45) is 0 Å². The van der Waals surface area contributed by atoms with E-state index in [2.05, 4.69) is 19.2 Å². The van der Waals surface area contributed by atoms with Gasteiger partial charge in [-0.15, -0.1) is 0 Å². The second kappa shape index (κ2) is 5.57. The molecule has 2 aromatic rings. The molecule has 0 heterocycles. The Kier molecular flexibility index (Phi) is 3.85. The molecule has 0 bridgehead atoms. The second-order valence-corrected chi connectivity index (χ2v) is 4.86. The van der Waals surface area contributed by atoms with Crippen molar-refractivity contribution in [3.05, 3.63) is 59.7 Å². The number of nitrogens with one attached hydrogen (secondary N) is 1. The third kappa shape index (κ3) is 3.35. The van der Waals surface area contributed by atoms with Gasteiger partial charge in [0.05, 0.1) is 0 Å². The Morgan fingerprint density at radius 3 is 2.37 bits per heavy atom. The normalized spacial score (nSPS) is 10.5. The number of amides is 1. The van der Waals surface area contributed by atoms with Crippen LogP contribution in [0.25, 0.3) is 0 Å². The van der Waals surface area contributed by atoms with Crippen molar-refractivity contribution in [1.29, 1.82) is 0 Å². The molecule has 0 atom stereocenters. The number of hydrogen-bond donors (Lipinski definition) is 2. The van der Waals surface area contributed by atoms with Crippen molar-refractivity contribution in [1.82, 2.24) is 0 Å². The van der Waals surface area contributed by atoms with Crippen LogP contribution in [0.5, 0.6) is 0 Å². The molecule has 0 spiro atoms. The van der Waals surface area contributed by atoms with Crippen LogP contribution in [-0.2, 0) is 0 Å². The van der Waals surface area contributed by atoms with E-state index in [9.17, 15) is 4.79 Å². The molecule has 1 amide bonds. The summed E-state index contributed by atoms with van der Waals surface area (Å²) in [6.07, 6.45) is 0. The molecule has 0 aromatic heterocycles. The van der Waals surface area contributed by atoms with E-state index >= 15 is 0 Å². The van der Waals surface area contributed by atoms with Gasteiger partial charge in [-0.3, -0.25) is 4.79 Å². The fourth-order valence-corrected chi connectivity index (χ4v) is 1.84. The van der Waals surface area contributed by atoms with Crippen LogP contribution in [0.1, 0.15) is 35.7 Å². The van der Waals surface area contributed by atoms with E-state index < -0.39 is 0 Å². The molecule has 0 fully saturated rings. The first-order valence-corrected chi connectivity index (χ1v) is 6.33. The topological polar surface area (TPSA) is 55.1 Å². The molecular weight excluding hydrogens is 236 g/mol. The number of nitrogens with two attached hydrogens (primary N) is 1. The van der Waals surface area contributed by atoms with Gasteiger partial charge in [-0.2, -0.15) is 0 Å². The minimum atomic E-state index is -0.124. The highest BCUT2D eigenvalue weighted by atomic mass is 16.1. The third-order valence-electron chi connectivity index (χ3n) is 2.98. The minimum absolute atomic E-state index is 0.124. The SMILES string of the molecule is CC(C)c1ccc(C(=O)Nc2cccc(N)c2)cc1. The van der Waals surface area contributed by atoms with Gasteiger partial charge in [-0.1, -0.05) is 32.0 Å². The van der Waals surface area contributed by atoms with Crippen LogP contribution < -0.4 is 11.1 Å². The first-order valence-electron chi connectivity index (χ1n) is 6.33. The zero-order chi connectivity index (χ0) is 13.8. The molecule has 0 aliphatic heterocycles. The number of rotatable bonds is 3. The Bertz CT molecular complexity index is 574. The van der Waals surface area contributed by atoms with E-state index in [0.29, 0.717) is 22.9 Å². The van der Waals surface area contributed by atoms with Gasteiger partial charge >= 0.3 is 0 Å². The summed E-state index contributed by atoms with van der Waals surface area (Å²) in [6, 6.07) is 14.8. The number of benzene rings is 2. The lowest BCUT2D eigenvalue weighted by molar-refractivity contribution is 0.102. The lowest BCUT2D eigenvalue weighted by atomic mass is 10.0. The van der Waals surface area contributed by atoms with Gasteiger partial charge in [0.15, 0.2) is 0 Å². The van der Waals surface area contributed by atoms with Crippen molar-refractivity contribution >= 4 is 17.3 Å². The molecular formula is C16H18N2O.